The molecule has 0 bridgehead atoms. The van der Waals surface area contributed by atoms with Gasteiger partial charge in [0, 0.05) is 45.6 Å². The van der Waals surface area contributed by atoms with E-state index in [1.807, 2.05) is 27.7 Å². The van der Waals surface area contributed by atoms with Gasteiger partial charge >= 0.3 is 6.09 Å². The number of halogens is 1. The van der Waals surface area contributed by atoms with Crippen LogP contribution in [0.25, 0.3) is 0 Å². The van der Waals surface area contributed by atoms with Crippen LogP contribution in [0.3, 0.4) is 0 Å². The number of nitrogens with zero attached hydrogens (tertiary/aromatic N) is 4. The lowest BCUT2D eigenvalue weighted by atomic mass is 10.2. The summed E-state index contributed by atoms with van der Waals surface area (Å²) in [5, 5.41) is 18.2. The third kappa shape index (κ3) is 11.0. The Morgan fingerprint density at radius 2 is 1.87 bits per heavy atom. The van der Waals surface area contributed by atoms with Crippen LogP contribution >= 0.6 is 24.0 Å². The van der Waals surface area contributed by atoms with E-state index >= 15 is 0 Å². The fourth-order valence-electron chi connectivity index (χ4n) is 3.30. The van der Waals surface area contributed by atoms with Crippen LogP contribution in [-0.2, 0) is 24.1 Å². The van der Waals surface area contributed by atoms with E-state index in [1.54, 1.807) is 0 Å². The van der Waals surface area contributed by atoms with Gasteiger partial charge in [-0.05, 0) is 53.4 Å². The lowest BCUT2D eigenvalue weighted by Crippen LogP contribution is -2.38. The molecule has 2 rings (SSSR count). The fourth-order valence-corrected chi connectivity index (χ4v) is 3.30. The second-order valence-electron chi connectivity index (χ2n) is 8.57. The van der Waals surface area contributed by atoms with E-state index in [9.17, 15) is 4.79 Å². The minimum atomic E-state index is -0.477. The van der Waals surface area contributed by atoms with Crippen molar-refractivity contribution in [3.05, 3.63) is 11.6 Å². The molecule has 0 aromatic carbocycles. The van der Waals surface area contributed by atoms with E-state index in [-0.39, 0.29) is 30.1 Å². The summed E-state index contributed by atoms with van der Waals surface area (Å²) in [6.45, 7) is 11.4. The molecule has 9 nitrogen and oxygen atoms in total. The van der Waals surface area contributed by atoms with E-state index in [0.29, 0.717) is 13.1 Å². The lowest BCUT2D eigenvalue weighted by molar-refractivity contribution is 0.0527. The molecule has 178 valence electrons. The number of ether oxygens (including phenoxy) is 1. The Labute approximate surface area is 203 Å². The van der Waals surface area contributed by atoms with Crippen LogP contribution in [0.4, 0.5) is 4.79 Å². The van der Waals surface area contributed by atoms with Crippen molar-refractivity contribution in [2.45, 2.75) is 84.8 Å². The molecule has 0 spiro atoms. The fraction of sp³-hybridized carbons (Fsp3) is 0.810. The molecule has 0 saturated carbocycles. The van der Waals surface area contributed by atoms with Crippen LogP contribution in [0.2, 0.25) is 0 Å². The topological polar surface area (TPSA) is 105 Å². The predicted molar refractivity (Wildman–Crippen MR) is 134 cm³/mol. The van der Waals surface area contributed by atoms with Crippen molar-refractivity contribution in [2.75, 3.05) is 26.2 Å². The number of carbonyl (C=O) groups excluding carboxylic acids is 1. The maximum Gasteiger partial charge on any atom is 0.407 e. The van der Waals surface area contributed by atoms with Crippen molar-refractivity contribution >= 4 is 36.0 Å². The average molecular weight is 550 g/mol. The van der Waals surface area contributed by atoms with E-state index < -0.39 is 5.60 Å². The van der Waals surface area contributed by atoms with Gasteiger partial charge in [-0.1, -0.05) is 6.42 Å². The molecule has 0 aliphatic carbocycles. The van der Waals surface area contributed by atoms with Gasteiger partial charge in [0.05, 0.1) is 0 Å². The largest absolute Gasteiger partial charge is 0.444 e. The molecule has 1 aromatic rings. The standard InChI is InChI=1S/C21H39N7O2.HI/c1-5-22-19(24-14-10-15-25-20(29)30-21(2,3)4)23-13-9-12-18-27-26-17-11-7-6-8-16-28(17)18;/h5-16H2,1-4H3,(H,25,29)(H2,22,23,24);1H. The Morgan fingerprint density at radius 1 is 1.10 bits per heavy atom. The highest BCUT2D eigenvalue weighted by molar-refractivity contribution is 14.0. The van der Waals surface area contributed by atoms with Gasteiger partial charge in [-0.25, -0.2) is 4.79 Å². The Hall–Kier alpha value is -1.59. The van der Waals surface area contributed by atoms with Gasteiger partial charge in [0.1, 0.15) is 17.2 Å². The van der Waals surface area contributed by atoms with Crippen LogP contribution in [-0.4, -0.2) is 58.6 Å². The van der Waals surface area contributed by atoms with Crippen LogP contribution in [0, 0.1) is 0 Å². The molecule has 1 amide bonds. The number of carbonyl (C=O) groups is 1. The summed E-state index contributed by atoms with van der Waals surface area (Å²) in [5.74, 6) is 3.05. The first-order valence-electron chi connectivity index (χ1n) is 11.3. The molecule has 0 unspecified atom stereocenters. The number of aliphatic imine (C=N–C) groups is 1. The summed E-state index contributed by atoms with van der Waals surface area (Å²) in [6.07, 6.45) is 7.02. The Morgan fingerprint density at radius 3 is 2.61 bits per heavy atom. The number of fused-ring (bicyclic) bond motifs is 1. The molecule has 0 saturated heterocycles. The molecule has 0 atom stereocenters. The van der Waals surface area contributed by atoms with Gasteiger partial charge in [-0.15, -0.1) is 34.2 Å². The van der Waals surface area contributed by atoms with E-state index in [4.69, 9.17) is 4.74 Å². The molecule has 2 heterocycles. The summed E-state index contributed by atoms with van der Waals surface area (Å²) in [4.78, 5) is 16.2. The number of aryl methyl sites for hydroxylation is 2. The highest BCUT2D eigenvalue weighted by Gasteiger charge is 2.15. The molecule has 1 aliphatic heterocycles. The zero-order valence-electron chi connectivity index (χ0n) is 19.5. The van der Waals surface area contributed by atoms with Gasteiger partial charge in [-0.2, -0.15) is 0 Å². The van der Waals surface area contributed by atoms with Gasteiger partial charge < -0.3 is 25.3 Å². The molecule has 31 heavy (non-hydrogen) atoms. The third-order valence-corrected chi connectivity index (χ3v) is 4.67. The monoisotopic (exact) mass is 549 g/mol. The number of aromatic nitrogens is 3. The first kappa shape index (κ1) is 27.4. The molecule has 10 heteroatoms. The van der Waals surface area contributed by atoms with Gasteiger partial charge in [-0.3, -0.25) is 4.99 Å². The van der Waals surface area contributed by atoms with Crippen molar-refractivity contribution in [1.29, 1.82) is 0 Å². The second-order valence-corrected chi connectivity index (χ2v) is 8.57. The molecule has 1 aromatic heterocycles. The smallest absolute Gasteiger partial charge is 0.407 e. The molecule has 0 fully saturated rings. The van der Waals surface area contributed by atoms with Crippen LogP contribution in [0.15, 0.2) is 4.99 Å². The Balaban J connectivity index is 0.00000480. The summed E-state index contributed by atoms with van der Waals surface area (Å²) in [6, 6.07) is 0. The number of hydrogen-bond acceptors (Lipinski definition) is 5. The van der Waals surface area contributed by atoms with Crippen molar-refractivity contribution < 1.29 is 9.53 Å². The summed E-state index contributed by atoms with van der Waals surface area (Å²) in [5.41, 5.74) is -0.477. The van der Waals surface area contributed by atoms with E-state index in [1.165, 1.54) is 19.3 Å². The van der Waals surface area contributed by atoms with Gasteiger partial charge in [0.15, 0.2) is 5.96 Å². The van der Waals surface area contributed by atoms with Crippen molar-refractivity contribution in [3.8, 4) is 0 Å². The van der Waals surface area contributed by atoms with Crippen molar-refractivity contribution in [2.24, 2.45) is 4.99 Å². The highest BCUT2D eigenvalue weighted by Crippen LogP contribution is 2.15. The number of amides is 1. The molecule has 3 N–H and O–H groups in total. The van der Waals surface area contributed by atoms with Crippen molar-refractivity contribution in [1.82, 2.24) is 30.7 Å². The molecular formula is C21H40IN7O2. The lowest BCUT2D eigenvalue weighted by Gasteiger charge is -2.19. The first-order valence-corrected chi connectivity index (χ1v) is 11.3. The molecule has 1 aliphatic rings. The number of alkyl carbamates (subject to hydrolysis) is 1. The number of hydrogen-bond donors (Lipinski definition) is 3. The summed E-state index contributed by atoms with van der Waals surface area (Å²) in [7, 11) is 0. The summed E-state index contributed by atoms with van der Waals surface area (Å²) < 4.78 is 7.53. The van der Waals surface area contributed by atoms with E-state index in [2.05, 4.69) is 35.7 Å². The number of rotatable bonds is 9. The predicted octanol–water partition coefficient (Wildman–Crippen LogP) is 3.03. The maximum absolute atomic E-state index is 11.6. The minimum absolute atomic E-state index is 0. The zero-order chi connectivity index (χ0) is 21.8. The molecule has 0 radical (unpaired) electrons. The second kappa shape index (κ2) is 14.5. The van der Waals surface area contributed by atoms with Gasteiger partial charge in [0.2, 0.25) is 0 Å². The van der Waals surface area contributed by atoms with Gasteiger partial charge in [0.25, 0.3) is 0 Å². The maximum atomic E-state index is 11.6. The quantitative estimate of drug-likeness (QED) is 0.189. The van der Waals surface area contributed by atoms with Crippen LogP contribution in [0.1, 0.15) is 71.4 Å². The van der Waals surface area contributed by atoms with E-state index in [0.717, 1.165) is 62.9 Å². The Kier molecular flexibility index (Phi) is 12.8. The minimum Gasteiger partial charge on any atom is -0.444 e. The SMILES string of the molecule is CCNC(=NCCCNC(=O)OC(C)(C)C)NCCCc1nnc2n1CCCCC2.I. The normalized spacial score (nSPS) is 14.1. The van der Waals surface area contributed by atoms with Crippen molar-refractivity contribution in [3.63, 3.8) is 0 Å². The summed E-state index contributed by atoms with van der Waals surface area (Å²) >= 11 is 0. The highest BCUT2D eigenvalue weighted by atomic mass is 127. The zero-order valence-corrected chi connectivity index (χ0v) is 21.8. The first-order chi connectivity index (χ1) is 14.4. The van der Waals surface area contributed by atoms with Crippen LogP contribution in [0.5, 0.6) is 0 Å². The third-order valence-electron chi connectivity index (χ3n) is 4.67. The average Bonchev–Trinajstić information content (AvgIpc) is 2.89. The van der Waals surface area contributed by atoms with Crippen LogP contribution < -0.4 is 16.0 Å². The number of guanidine groups is 1. The molecular weight excluding hydrogens is 509 g/mol. The number of nitrogens with one attached hydrogen (secondary N) is 3. The Bertz CT molecular complexity index is 686.